The van der Waals surface area contributed by atoms with Crippen LogP contribution in [0.15, 0.2) is 0 Å². The van der Waals surface area contributed by atoms with Gasteiger partial charge >= 0.3 is 0 Å². The topological polar surface area (TPSA) is 24.1 Å². The van der Waals surface area contributed by atoms with Crippen molar-refractivity contribution in [3.63, 3.8) is 0 Å². The Hall–Kier alpha value is 0.270. The van der Waals surface area contributed by atoms with E-state index in [1.165, 1.54) is 77.2 Å². The molecule has 3 unspecified atom stereocenters. The van der Waals surface area contributed by atoms with Crippen molar-refractivity contribution in [2.24, 2.45) is 5.92 Å². The van der Waals surface area contributed by atoms with Crippen LogP contribution in [0.5, 0.6) is 0 Å². The number of hydrogen-bond acceptors (Lipinski definition) is 3. The summed E-state index contributed by atoms with van der Waals surface area (Å²) in [6, 6.07) is 2.41. The van der Waals surface area contributed by atoms with Crippen LogP contribution < -0.4 is 10.6 Å². The molecule has 3 heteroatoms. The summed E-state index contributed by atoms with van der Waals surface area (Å²) in [6.07, 6.45) is 18.0. The Morgan fingerprint density at radius 3 is 2.33 bits per heavy atom. The molecule has 1 heterocycles. The lowest BCUT2D eigenvalue weighted by molar-refractivity contribution is 0.164. The van der Waals surface area contributed by atoms with Crippen molar-refractivity contribution < 1.29 is 0 Å². The Labute approximate surface area is 135 Å². The van der Waals surface area contributed by atoms with Crippen LogP contribution in [0, 0.1) is 5.92 Å². The summed E-state index contributed by atoms with van der Waals surface area (Å²) in [4.78, 5) is 0. The van der Waals surface area contributed by atoms with Gasteiger partial charge in [0.2, 0.25) is 0 Å². The summed E-state index contributed by atoms with van der Waals surface area (Å²) in [7, 11) is 0. The van der Waals surface area contributed by atoms with Gasteiger partial charge in [-0.1, -0.05) is 19.3 Å². The molecule has 2 saturated carbocycles. The standard InChI is InChI=1S/C18H34N2S/c1-21-15-11-9-14(10-12-15)20-18-8-3-2-6-16(18)17-7-4-5-13-19-17/h14-20H,2-13H2,1H3. The van der Waals surface area contributed by atoms with Crippen LogP contribution in [0.3, 0.4) is 0 Å². The van der Waals surface area contributed by atoms with Crippen molar-refractivity contribution >= 4 is 11.8 Å². The van der Waals surface area contributed by atoms with Gasteiger partial charge in [-0.15, -0.1) is 0 Å². The van der Waals surface area contributed by atoms with Crippen LogP contribution in [-0.2, 0) is 0 Å². The predicted octanol–water partition coefficient (Wildman–Crippen LogP) is 3.95. The van der Waals surface area contributed by atoms with E-state index in [9.17, 15) is 0 Å². The van der Waals surface area contributed by atoms with E-state index in [0.717, 1.165) is 29.3 Å². The fourth-order valence-corrected chi connectivity index (χ4v) is 5.60. The molecule has 2 N–H and O–H groups in total. The Bertz CT molecular complexity index is 296. The molecule has 0 aromatic carbocycles. The lowest BCUT2D eigenvalue weighted by atomic mass is 9.76. The van der Waals surface area contributed by atoms with Crippen LogP contribution >= 0.6 is 11.8 Å². The van der Waals surface area contributed by atoms with Gasteiger partial charge in [0.15, 0.2) is 0 Å². The molecule has 3 aliphatic rings. The van der Waals surface area contributed by atoms with E-state index in [0.29, 0.717) is 0 Å². The summed E-state index contributed by atoms with van der Waals surface area (Å²) in [6.45, 7) is 1.26. The van der Waals surface area contributed by atoms with Crippen LogP contribution in [0.4, 0.5) is 0 Å². The number of piperidine rings is 1. The Kier molecular flexibility index (Phi) is 6.31. The Morgan fingerprint density at radius 2 is 1.62 bits per heavy atom. The summed E-state index contributed by atoms with van der Waals surface area (Å²) in [5.41, 5.74) is 0. The maximum Gasteiger partial charge on any atom is 0.0113 e. The van der Waals surface area contributed by atoms with Crippen LogP contribution in [0.1, 0.15) is 70.6 Å². The van der Waals surface area contributed by atoms with Crippen LogP contribution in [-0.4, -0.2) is 36.2 Å². The molecule has 3 atom stereocenters. The summed E-state index contributed by atoms with van der Waals surface area (Å²) in [5, 5.41) is 8.86. The molecule has 0 amide bonds. The molecular weight excluding hydrogens is 276 g/mol. The molecule has 21 heavy (non-hydrogen) atoms. The first-order chi connectivity index (χ1) is 10.4. The highest BCUT2D eigenvalue weighted by Crippen LogP contribution is 2.33. The third-order valence-electron chi connectivity index (χ3n) is 6.14. The van der Waals surface area contributed by atoms with Gasteiger partial charge < -0.3 is 10.6 Å². The highest BCUT2D eigenvalue weighted by atomic mass is 32.2. The average Bonchev–Trinajstić information content (AvgIpc) is 2.57. The van der Waals surface area contributed by atoms with E-state index < -0.39 is 0 Å². The largest absolute Gasteiger partial charge is 0.314 e. The average molecular weight is 311 g/mol. The molecule has 2 nitrogen and oxygen atoms in total. The van der Waals surface area contributed by atoms with Gasteiger partial charge in [0, 0.05) is 23.4 Å². The number of nitrogens with one attached hydrogen (secondary N) is 2. The lowest BCUT2D eigenvalue weighted by Gasteiger charge is -2.42. The molecular formula is C18H34N2S. The van der Waals surface area contributed by atoms with Gasteiger partial charge in [-0.25, -0.2) is 0 Å². The summed E-state index contributed by atoms with van der Waals surface area (Å²) >= 11 is 2.08. The third-order valence-corrected chi connectivity index (χ3v) is 7.28. The van der Waals surface area contributed by atoms with Crippen molar-refractivity contribution in [3.8, 4) is 0 Å². The molecule has 1 saturated heterocycles. The van der Waals surface area contributed by atoms with Crippen molar-refractivity contribution in [2.75, 3.05) is 12.8 Å². The molecule has 122 valence electrons. The summed E-state index contributed by atoms with van der Waals surface area (Å²) < 4.78 is 0. The Morgan fingerprint density at radius 1 is 0.857 bits per heavy atom. The maximum absolute atomic E-state index is 4.10. The summed E-state index contributed by atoms with van der Waals surface area (Å²) in [5.74, 6) is 0.900. The highest BCUT2D eigenvalue weighted by Gasteiger charge is 2.34. The molecule has 0 aromatic heterocycles. The van der Waals surface area contributed by atoms with Gasteiger partial charge in [0.1, 0.15) is 0 Å². The second-order valence-corrected chi connectivity index (χ2v) is 8.63. The zero-order valence-electron chi connectivity index (χ0n) is 13.8. The van der Waals surface area contributed by atoms with E-state index in [1.807, 2.05) is 0 Å². The normalized spacial score (nSPS) is 41.9. The van der Waals surface area contributed by atoms with Crippen LogP contribution in [0.25, 0.3) is 0 Å². The minimum atomic E-state index is 0.796. The quantitative estimate of drug-likeness (QED) is 0.822. The Balaban J connectivity index is 1.52. The van der Waals surface area contributed by atoms with E-state index in [4.69, 9.17) is 0 Å². The van der Waals surface area contributed by atoms with E-state index in [-0.39, 0.29) is 0 Å². The lowest BCUT2D eigenvalue weighted by Crippen LogP contribution is -2.53. The fourth-order valence-electron chi connectivity index (χ4n) is 4.86. The van der Waals surface area contributed by atoms with Crippen molar-refractivity contribution in [1.29, 1.82) is 0 Å². The van der Waals surface area contributed by atoms with Gasteiger partial charge in [-0.3, -0.25) is 0 Å². The molecule has 0 aromatic rings. The first-order valence-corrected chi connectivity index (χ1v) is 10.7. The molecule has 3 fully saturated rings. The third kappa shape index (κ3) is 4.39. The predicted molar refractivity (Wildman–Crippen MR) is 94.1 cm³/mol. The van der Waals surface area contributed by atoms with Gasteiger partial charge in [-0.05, 0) is 70.1 Å². The van der Waals surface area contributed by atoms with Gasteiger partial charge in [0.05, 0.1) is 0 Å². The van der Waals surface area contributed by atoms with E-state index in [1.54, 1.807) is 0 Å². The second kappa shape index (κ2) is 8.21. The number of thioether (sulfide) groups is 1. The minimum Gasteiger partial charge on any atom is -0.314 e. The van der Waals surface area contributed by atoms with Crippen molar-refractivity contribution in [1.82, 2.24) is 10.6 Å². The van der Waals surface area contributed by atoms with Crippen molar-refractivity contribution in [3.05, 3.63) is 0 Å². The van der Waals surface area contributed by atoms with Crippen LogP contribution in [0.2, 0.25) is 0 Å². The van der Waals surface area contributed by atoms with E-state index in [2.05, 4.69) is 28.7 Å². The van der Waals surface area contributed by atoms with Crippen molar-refractivity contribution in [2.45, 2.75) is 94.0 Å². The first-order valence-electron chi connectivity index (χ1n) is 9.39. The molecule has 0 radical (unpaired) electrons. The minimum absolute atomic E-state index is 0.796. The monoisotopic (exact) mass is 310 g/mol. The SMILES string of the molecule is CSC1CCC(NC2CCCCC2C2CCCCN2)CC1. The molecule has 0 bridgehead atoms. The van der Waals surface area contributed by atoms with Gasteiger partial charge in [-0.2, -0.15) is 11.8 Å². The molecule has 0 spiro atoms. The fraction of sp³-hybridized carbons (Fsp3) is 1.00. The molecule has 3 rings (SSSR count). The maximum atomic E-state index is 4.10. The van der Waals surface area contributed by atoms with E-state index >= 15 is 0 Å². The first kappa shape index (κ1) is 16.1. The highest BCUT2D eigenvalue weighted by molar-refractivity contribution is 7.99. The zero-order chi connectivity index (χ0) is 14.5. The molecule has 1 aliphatic heterocycles. The number of hydrogen-bond donors (Lipinski definition) is 2. The number of rotatable bonds is 4. The second-order valence-electron chi connectivity index (χ2n) is 7.49. The zero-order valence-corrected chi connectivity index (χ0v) is 14.6. The molecule has 2 aliphatic carbocycles. The van der Waals surface area contributed by atoms with Gasteiger partial charge in [0.25, 0.3) is 0 Å². The smallest absolute Gasteiger partial charge is 0.0113 e.